The Bertz CT molecular complexity index is 1790. The number of phenolic OH excluding ortho intramolecular Hbond substituents is 1. The largest absolute Gasteiger partial charge is 0.504 e. The van der Waals surface area contributed by atoms with Gasteiger partial charge in [-0.3, -0.25) is 10.4 Å². The van der Waals surface area contributed by atoms with Gasteiger partial charge in [0.15, 0.2) is 17.3 Å². The summed E-state index contributed by atoms with van der Waals surface area (Å²) in [6.07, 6.45) is 0. The molecule has 4 aromatic carbocycles. The highest BCUT2D eigenvalue weighted by Crippen LogP contribution is 2.34. The molecule has 1 aliphatic heterocycles. The van der Waals surface area contributed by atoms with E-state index in [9.17, 15) is 5.11 Å². The van der Waals surface area contributed by atoms with Crippen molar-refractivity contribution in [3.8, 4) is 51.5 Å². The molecular weight excluding hydrogens is 528 g/mol. The molecule has 0 aliphatic carbocycles. The number of nitrogens with zero attached hydrogens (tertiary/aromatic N) is 4. The Morgan fingerprint density at radius 1 is 0.786 bits per heavy atom. The molecule has 6 rings (SSSR count). The van der Waals surface area contributed by atoms with Crippen LogP contribution >= 0.6 is 0 Å². The van der Waals surface area contributed by atoms with Crippen LogP contribution in [0.4, 0.5) is 0 Å². The van der Waals surface area contributed by atoms with Crippen LogP contribution in [-0.4, -0.2) is 51.8 Å². The number of hydrogen-bond donors (Lipinski definition) is 3. The van der Waals surface area contributed by atoms with Gasteiger partial charge in [0.25, 0.3) is 0 Å². The number of likely N-dealkylation sites (N-methyl/N-ethyl adjacent to an activating group) is 1. The smallest absolute Gasteiger partial charge is 0.226 e. The Balaban J connectivity index is 1.37. The van der Waals surface area contributed by atoms with Crippen molar-refractivity contribution in [1.29, 1.82) is 5.41 Å². The molecule has 0 unspecified atom stereocenters. The quantitative estimate of drug-likeness (QED) is 0.156. The van der Waals surface area contributed by atoms with Crippen LogP contribution in [0.25, 0.3) is 22.5 Å². The molecule has 1 aliphatic rings. The molecular formula is C33H28N6O3. The first-order valence-corrected chi connectivity index (χ1v) is 13.4. The van der Waals surface area contributed by atoms with Crippen LogP contribution in [0.1, 0.15) is 11.1 Å². The average Bonchev–Trinajstić information content (AvgIpc) is 3.44. The molecule has 0 atom stereocenters. The van der Waals surface area contributed by atoms with Crippen LogP contribution in [0, 0.1) is 5.41 Å². The molecule has 0 saturated carbocycles. The number of aromatic nitrogens is 2. The molecule has 2 heterocycles. The summed E-state index contributed by atoms with van der Waals surface area (Å²) in [5.74, 6) is 2.09. The number of aliphatic imine (C=N–C) groups is 1. The first-order chi connectivity index (χ1) is 20.4. The van der Waals surface area contributed by atoms with Gasteiger partial charge in [-0.1, -0.05) is 66.7 Å². The second-order valence-electron chi connectivity index (χ2n) is 9.77. The van der Waals surface area contributed by atoms with Crippen molar-refractivity contribution in [3.05, 3.63) is 114 Å². The standard InChI is InChI=1S/C33H28N6O3/c1-39-17-16-36-33(39)25-8-5-9-26(18-25)41-29-20-30(42-28-19-24(31(34)35)14-15-27(28)40)38-32(37-29)23-12-10-22(11-13-23)21-6-3-2-4-7-21/h2-15,18-20,40H,16-17H2,1H3,(H3,34,35). The van der Waals surface area contributed by atoms with Crippen LogP contribution in [0.3, 0.4) is 0 Å². The maximum Gasteiger partial charge on any atom is 0.226 e. The lowest BCUT2D eigenvalue weighted by molar-refractivity contribution is 0.397. The molecule has 0 bridgehead atoms. The Labute approximate surface area is 243 Å². The van der Waals surface area contributed by atoms with Crippen LogP contribution < -0.4 is 15.2 Å². The highest BCUT2D eigenvalue weighted by atomic mass is 16.5. The molecule has 0 amide bonds. The Morgan fingerprint density at radius 2 is 1.48 bits per heavy atom. The van der Waals surface area contributed by atoms with E-state index in [1.165, 1.54) is 18.2 Å². The van der Waals surface area contributed by atoms with Gasteiger partial charge in [0.2, 0.25) is 11.8 Å². The van der Waals surface area contributed by atoms with E-state index in [-0.39, 0.29) is 29.1 Å². The summed E-state index contributed by atoms with van der Waals surface area (Å²) in [7, 11) is 2.01. The number of hydrogen-bond acceptors (Lipinski definition) is 8. The van der Waals surface area contributed by atoms with Crippen molar-refractivity contribution in [2.45, 2.75) is 0 Å². The van der Waals surface area contributed by atoms with E-state index in [1.807, 2.05) is 73.8 Å². The highest BCUT2D eigenvalue weighted by Gasteiger charge is 2.17. The highest BCUT2D eigenvalue weighted by molar-refractivity contribution is 6.00. The summed E-state index contributed by atoms with van der Waals surface area (Å²) in [6.45, 7) is 1.63. The molecule has 9 heteroatoms. The third kappa shape index (κ3) is 5.75. The molecule has 0 radical (unpaired) electrons. The number of nitrogen functional groups attached to an aromatic ring is 1. The predicted molar refractivity (Wildman–Crippen MR) is 163 cm³/mol. The van der Waals surface area contributed by atoms with Crippen molar-refractivity contribution < 1.29 is 14.6 Å². The summed E-state index contributed by atoms with van der Waals surface area (Å²) in [5.41, 5.74) is 9.91. The van der Waals surface area contributed by atoms with E-state index in [0.717, 1.165) is 41.2 Å². The zero-order chi connectivity index (χ0) is 29.1. The molecule has 208 valence electrons. The van der Waals surface area contributed by atoms with Gasteiger partial charge < -0.3 is 25.2 Å². The van der Waals surface area contributed by atoms with E-state index >= 15 is 0 Å². The van der Waals surface area contributed by atoms with Crippen molar-refractivity contribution in [2.75, 3.05) is 20.1 Å². The van der Waals surface area contributed by atoms with Crippen molar-refractivity contribution in [3.63, 3.8) is 0 Å². The number of nitrogens with one attached hydrogen (secondary N) is 1. The molecule has 0 saturated heterocycles. The summed E-state index contributed by atoms with van der Waals surface area (Å²) < 4.78 is 12.2. The molecule has 0 fully saturated rings. The van der Waals surface area contributed by atoms with E-state index in [0.29, 0.717) is 17.1 Å². The van der Waals surface area contributed by atoms with Gasteiger partial charge in [0, 0.05) is 30.3 Å². The van der Waals surface area contributed by atoms with E-state index in [2.05, 4.69) is 32.0 Å². The first kappa shape index (κ1) is 26.5. The lowest BCUT2D eigenvalue weighted by Gasteiger charge is -2.15. The van der Waals surface area contributed by atoms with Crippen molar-refractivity contribution >= 4 is 11.7 Å². The van der Waals surface area contributed by atoms with Gasteiger partial charge in [-0.25, -0.2) is 0 Å². The van der Waals surface area contributed by atoms with Crippen molar-refractivity contribution in [1.82, 2.24) is 14.9 Å². The summed E-state index contributed by atoms with van der Waals surface area (Å²) >= 11 is 0. The third-order valence-electron chi connectivity index (χ3n) is 6.79. The van der Waals surface area contributed by atoms with Crippen molar-refractivity contribution in [2.24, 2.45) is 10.7 Å². The Kier molecular flexibility index (Phi) is 7.21. The van der Waals surface area contributed by atoms with Gasteiger partial charge in [0.1, 0.15) is 17.4 Å². The summed E-state index contributed by atoms with van der Waals surface area (Å²) in [6, 6.07) is 31.6. The van der Waals surface area contributed by atoms with Gasteiger partial charge in [-0.15, -0.1) is 0 Å². The molecule has 5 aromatic rings. The predicted octanol–water partition coefficient (Wildman–Crippen LogP) is 6.08. The monoisotopic (exact) mass is 556 g/mol. The number of nitrogens with two attached hydrogens (primary N) is 1. The van der Waals surface area contributed by atoms with E-state index in [1.54, 1.807) is 6.07 Å². The topological polar surface area (TPSA) is 130 Å². The normalized spacial score (nSPS) is 12.6. The van der Waals surface area contributed by atoms with E-state index < -0.39 is 0 Å². The minimum Gasteiger partial charge on any atom is -0.504 e. The molecule has 9 nitrogen and oxygen atoms in total. The zero-order valence-corrected chi connectivity index (χ0v) is 22.9. The minimum absolute atomic E-state index is 0.0991. The maximum absolute atomic E-state index is 10.4. The summed E-state index contributed by atoms with van der Waals surface area (Å²) in [5, 5.41) is 18.2. The first-order valence-electron chi connectivity index (χ1n) is 13.4. The molecule has 1 aromatic heterocycles. The minimum atomic E-state index is -0.150. The molecule has 0 spiro atoms. The van der Waals surface area contributed by atoms with Crippen LogP contribution in [-0.2, 0) is 0 Å². The van der Waals surface area contributed by atoms with Crippen LogP contribution in [0.15, 0.2) is 108 Å². The number of benzene rings is 4. The molecule has 42 heavy (non-hydrogen) atoms. The van der Waals surface area contributed by atoms with E-state index in [4.69, 9.17) is 20.6 Å². The van der Waals surface area contributed by atoms with Gasteiger partial charge in [0.05, 0.1) is 12.6 Å². The fourth-order valence-electron chi connectivity index (χ4n) is 4.62. The van der Waals surface area contributed by atoms with Crippen LogP contribution in [0.5, 0.6) is 29.0 Å². The fraction of sp³-hybridized carbons (Fsp3) is 0.0909. The summed E-state index contributed by atoms with van der Waals surface area (Å²) in [4.78, 5) is 16.0. The number of ether oxygens (including phenoxy) is 2. The SMILES string of the molecule is CN1CCN=C1c1cccc(Oc2cc(Oc3cc(C(=N)N)ccc3O)nc(-c3ccc(-c4ccccc4)cc3)n2)c1. The Morgan fingerprint density at radius 3 is 2.19 bits per heavy atom. The van der Waals surface area contributed by atoms with Gasteiger partial charge in [-0.05, 0) is 41.5 Å². The number of rotatable bonds is 8. The lowest BCUT2D eigenvalue weighted by atomic mass is 10.0. The van der Waals surface area contributed by atoms with Gasteiger partial charge >= 0.3 is 0 Å². The fourth-order valence-corrected chi connectivity index (χ4v) is 4.62. The zero-order valence-electron chi connectivity index (χ0n) is 22.9. The molecule has 4 N–H and O–H groups in total. The third-order valence-corrected chi connectivity index (χ3v) is 6.79. The maximum atomic E-state index is 10.4. The second-order valence-corrected chi connectivity index (χ2v) is 9.77. The Hall–Kier alpha value is -5.70. The second kappa shape index (κ2) is 11.4. The average molecular weight is 557 g/mol. The van der Waals surface area contributed by atoms with Crippen LogP contribution in [0.2, 0.25) is 0 Å². The number of amidine groups is 2. The lowest BCUT2D eigenvalue weighted by Crippen LogP contribution is -2.23. The number of phenols is 1. The van der Waals surface area contributed by atoms with Gasteiger partial charge in [-0.2, -0.15) is 9.97 Å². The number of aromatic hydroxyl groups is 1.